The van der Waals surface area contributed by atoms with Crippen molar-refractivity contribution < 1.29 is 9.53 Å². The fraction of sp³-hybridized carbons (Fsp3) is 0.276. The Morgan fingerprint density at radius 1 is 1.00 bits per heavy atom. The zero-order valence-electron chi connectivity index (χ0n) is 20.3. The zero-order valence-corrected chi connectivity index (χ0v) is 20.3. The summed E-state index contributed by atoms with van der Waals surface area (Å²) in [6, 6.07) is 25.2. The number of hydrogen-bond donors (Lipinski definition) is 0. The lowest BCUT2D eigenvalue weighted by Gasteiger charge is -2.30. The largest absolute Gasteiger partial charge is 0.496 e. The quantitative estimate of drug-likeness (QED) is 0.333. The van der Waals surface area contributed by atoms with Crippen LogP contribution in [0.5, 0.6) is 5.75 Å². The van der Waals surface area contributed by atoms with Gasteiger partial charge in [-0.1, -0.05) is 60.7 Å². The van der Waals surface area contributed by atoms with Crippen molar-refractivity contribution in [2.24, 2.45) is 0 Å². The first-order valence-electron chi connectivity index (χ1n) is 12.0. The first kappa shape index (κ1) is 24.2. The maximum absolute atomic E-state index is 13.4. The van der Waals surface area contributed by atoms with Gasteiger partial charge in [0.1, 0.15) is 5.75 Å². The average molecular weight is 470 g/mol. The van der Waals surface area contributed by atoms with E-state index in [0.717, 1.165) is 16.9 Å². The number of rotatable bonds is 10. The van der Waals surface area contributed by atoms with Crippen LogP contribution in [0.15, 0.2) is 90.0 Å². The van der Waals surface area contributed by atoms with E-state index in [9.17, 15) is 9.59 Å². The molecule has 4 aromatic rings. The Kier molecular flexibility index (Phi) is 7.93. The predicted molar refractivity (Wildman–Crippen MR) is 138 cm³/mol. The minimum atomic E-state index is -0.0752. The van der Waals surface area contributed by atoms with E-state index in [1.165, 1.54) is 0 Å². The Morgan fingerprint density at radius 3 is 2.51 bits per heavy atom. The Bertz CT molecular complexity index is 1330. The molecule has 1 atom stereocenters. The highest BCUT2D eigenvalue weighted by Gasteiger charge is 2.22. The molecule has 0 spiro atoms. The second-order valence-electron chi connectivity index (χ2n) is 8.74. The number of hydrogen-bond acceptors (Lipinski definition) is 4. The highest BCUT2D eigenvalue weighted by atomic mass is 16.5. The zero-order chi connectivity index (χ0) is 24.6. The number of ether oxygens (including phenoxy) is 1. The first-order valence-corrected chi connectivity index (χ1v) is 12.0. The van der Waals surface area contributed by atoms with Crippen LogP contribution in [0.2, 0.25) is 0 Å². The molecule has 35 heavy (non-hydrogen) atoms. The Hall–Kier alpha value is -3.93. The van der Waals surface area contributed by atoms with Gasteiger partial charge in [0, 0.05) is 25.6 Å². The van der Waals surface area contributed by atoms with E-state index in [0.29, 0.717) is 43.3 Å². The summed E-state index contributed by atoms with van der Waals surface area (Å²) in [5.74, 6) is 0.896. The van der Waals surface area contributed by atoms with Crippen LogP contribution in [-0.4, -0.2) is 33.5 Å². The van der Waals surface area contributed by atoms with Crippen LogP contribution in [0.1, 0.15) is 30.9 Å². The number of benzene rings is 3. The Morgan fingerprint density at radius 2 is 1.71 bits per heavy atom. The molecule has 0 bridgehead atoms. The van der Waals surface area contributed by atoms with E-state index in [2.05, 4.69) is 11.9 Å². The Labute approximate surface area is 205 Å². The molecule has 0 radical (unpaired) electrons. The van der Waals surface area contributed by atoms with Gasteiger partial charge in [-0.25, -0.2) is 4.98 Å². The third-order valence-corrected chi connectivity index (χ3v) is 6.28. The smallest absolute Gasteiger partial charge is 0.261 e. The summed E-state index contributed by atoms with van der Waals surface area (Å²) < 4.78 is 7.11. The predicted octanol–water partition coefficient (Wildman–Crippen LogP) is 4.85. The van der Waals surface area contributed by atoms with Crippen molar-refractivity contribution in [1.82, 2.24) is 14.5 Å². The molecule has 0 N–H and O–H groups in total. The van der Waals surface area contributed by atoms with Gasteiger partial charge in [0.15, 0.2) is 0 Å². The number of amides is 1. The van der Waals surface area contributed by atoms with Crippen LogP contribution in [0.4, 0.5) is 0 Å². The highest BCUT2D eigenvalue weighted by Crippen LogP contribution is 2.22. The van der Waals surface area contributed by atoms with Crippen molar-refractivity contribution in [1.29, 1.82) is 0 Å². The molecule has 0 saturated carbocycles. The normalized spacial score (nSPS) is 11.8. The maximum atomic E-state index is 13.4. The lowest BCUT2D eigenvalue weighted by Crippen LogP contribution is -2.39. The second kappa shape index (κ2) is 11.5. The minimum absolute atomic E-state index is 0.0240. The van der Waals surface area contributed by atoms with Gasteiger partial charge in [-0.2, -0.15) is 0 Å². The van der Waals surface area contributed by atoms with Crippen LogP contribution >= 0.6 is 0 Å². The molecule has 6 heteroatoms. The monoisotopic (exact) mass is 469 g/mol. The summed E-state index contributed by atoms with van der Waals surface area (Å²) >= 11 is 0. The van der Waals surface area contributed by atoms with Crippen molar-refractivity contribution >= 4 is 16.8 Å². The molecule has 1 heterocycles. The number of fused-ring (bicyclic) bond motifs is 1. The van der Waals surface area contributed by atoms with Gasteiger partial charge < -0.3 is 9.64 Å². The van der Waals surface area contributed by atoms with Crippen molar-refractivity contribution in [3.8, 4) is 5.75 Å². The van der Waals surface area contributed by atoms with E-state index in [1.54, 1.807) is 24.1 Å². The number of para-hydroxylation sites is 2. The lowest BCUT2D eigenvalue weighted by atomic mass is 10.0. The molecule has 0 aliphatic carbocycles. The molecule has 4 rings (SSSR count). The van der Waals surface area contributed by atoms with Crippen LogP contribution in [-0.2, 0) is 24.3 Å². The summed E-state index contributed by atoms with van der Waals surface area (Å²) in [7, 11) is 1.67. The average Bonchev–Trinajstić information content (AvgIpc) is 2.89. The molecular formula is C29H31N3O3. The number of aromatic nitrogens is 2. The van der Waals surface area contributed by atoms with Gasteiger partial charge >= 0.3 is 0 Å². The second-order valence-corrected chi connectivity index (χ2v) is 8.74. The van der Waals surface area contributed by atoms with Crippen molar-refractivity contribution in [2.45, 2.75) is 45.3 Å². The van der Waals surface area contributed by atoms with Crippen molar-refractivity contribution in [2.75, 3.05) is 7.11 Å². The molecular weight excluding hydrogens is 438 g/mol. The van der Waals surface area contributed by atoms with Gasteiger partial charge in [-0.05, 0) is 49.1 Å². The minimum Gasteiger partial charge on any atom is -0.496 e. The van der Waals surface area contributed by atoms with E-state index < -0.39 is 0 Å². The van der Waals surface area contributed by atoms with Crippen LogP contribution in [0.3, 0.4) is 0 Å². The molecule has 0 aliphatic heterocycles. The van der Waals surface area contributed by atoms with E-state index in [4.69, 9.17) is 4.74 Å². The van der Waals surface area contributed by atoms with E-state index in [1.807, 2.05) is 77.7 Å². The van der Waals surface area contributed by atoms with Gasteiger partial charge in [0.05, 0.1) is 24.3 Å². The van der Waals surface area contributed by atoms with Crippen molar-refractivity contribution in [3.63, 3.8) is 0 Å². The SMILES string of the molecule is COc1ccccc1CC(C)N(Cc1ccccc1)C(=O)CCCn1cnc2ccccc2c1=O. The molecule has 0 fully saturated rings. The standard InChI is InChI=1S/C29H31N3O3/c1-22(19-24-13-6-9-16-27(24)35-2)32(20-23-11-4-3-5-12-23)28(33)17-10-18-31-21-30-26-15-8-7-14-25(26)29(31)34/h3-9,11-16,21-22H,10,17-20H2,1-2H3. The third-order valence-electron chi connectivity index (χ3n) is 6.28. The molecule has 6 nitrogen and oxygen atoms in total. The Balaban J connectivity index is 1.47. The molecule has 3 aromatic carbocycles. The van der Waals surface area contributed by atoms with Gasteiger partial charge in [0.25, 0.3) is 5.56 Å². The summed E-state index contributed by atoms with van der Waals surface area (Å²) in [4.78, 5) is 32.5. The number of methoxy groups -OCH3 is 1. The van der Waals surface area contributed by atoms with E-state index in [-0.39, 0.29) is 17.5 Å². The number of nitrogens with zero attached hydrogens (tertiary/aromatic N) is 3. The maximum Gasteiger partial charge on any atom is 0.261 e. The van der Waals surface area contributed by atoms with Crippen LogP contribution in [0.25, 0.3) is 10.9 Å². The fourth-order valence-corrected chi connectivity index (χ4v) is 4.38. The molecule has 1 unspecified atom stereocenters. The van der Waals surface area contributed by atoms with E-state index >= 15 is 0 Å². The molecule has 1 amide bonds. The van der Waals surface area contributed by atoms with Crippen LogP contribution in [0, 0.1) is 0 Å². The number of carbonyl (C=O) groups excluding carboxylic acids is 1. The highest BCUT2D eigenvalue weighted by molar-refractivity contribution is 5.77. The number of aryl methyl sites for hydroxylation is 1. The van der Waals surface area contributed by atoms with Gasteiger partial charge in [-0.15, -0.1) is 0 Å². The molecule has 0 aliphatic rings. The summed E-state index contributed by atoms with van der Waals surface area (Å²) in [6.45, 7) is 3.06. The molecule has 0 saturated heterocycles. The lowest BCUT2D eigenvalue weighted by molar-refractivity contribution is -0.134. The van der Waals surface area contributed by atoms with Crippen molar-refractivity contribution in [3.05, 3.63) is 107 Å². The summed E-state index contributed by atoms with van der Waals surface area (Å²) in [5, 5.41) is 0.595. The molecule has 180 valence electrons. The van der Waals surface area contributed by atoms with Crippen LogP contribution < -0.4 is 10.3 Å². The van der Waals surface area contributed by atoms with Gasteiger partial charge in [-0.3, -0.25) is 14.2 Å². The topological polar surface area (TPSA) is 64.4 Å². The number of carbonyl (C=O) groups is 1. The molecule has 1 aromatic heterocycles. The third kappa shape index (κ3) is 5.96. The first-order chi connectivity index (χ1) is 17.1. The fourth-order valence-electron chi connectivity index (χ4n) is 4.38. The summed E-state index contributed by atoms with van der Waals surface area (Å²) in [6.07, 6.45) is 3.17. The summed E-state index contributed by atoms with van der Waals surface area (Å²) in [5.41, 5.74) is 2.77. The van der Waals surface area contributed by atoms with Gasteiger partial charge in [0.2, 0.25) is 5.91 Å².